The molecule has 1 aliphatic heterocycles. The minimum Gasteiger partial charge on any atom is -0.493 e. The van der Waals surface area contributed by atoms with Crippen LogP contribution in [0, 0.1) is 13.8 Å². The van der Waals surface area contributed by atoms with Gasteiger partial charge in [0.25, 0.3) is 0 Å². The fraction of sp³-hybridized carbons (Fsp3) is 0.367. The average Bonchev–Trinajstić information content (AvgIpc) is 3.27. The van der Waals surface area contributed by atoms with Gasteiger partial charge in [0.15, 0.2) is 0 Å². The first-order valence-electron chi connectivity index (χ1n) is 12.5. The van der Waals surface area contributed by atoms with Gasteiger partial charge in [0.1, 0.15) is 18.1 Å². The standard InChI is InChI=1S/C30H35NO5/c1-5-34-11-12-35-26-13-20(2)30(21(3)14-26)23-8-6-7-22(15-23)18-31-25-9-10-27-24(16-29(32)33-4)19-36-28(27)17-25/h6-10,13-15,17,24,31H,5,11-12,16,18-19H2,1-4H3. The fourth-order valence-electron chi connectivity index (χ4n) is 4.71. The maximum Gasteiger partial charge on any atom is 0.306 e. The van der Waals surface area contributed by atoms with E-state index in [1.807, 2.05) is 25.1 Å². The van der Waals surface area contributed by atoms with Crippen LogP contribution in [0.1, 0.15) is 41.5 Å². The van der Waals surface area contributed by atoms with Crippen molar-refractivity contribution in [3.05, 3.63) is 76.9 Å². The molecule has 1 heterocycles. The van der Waals surface area contributed by atoms with E-state index in [0.717, 1.165) is 22.7 Å². The minimum absolute atomic E-state index is 0.0473. The van der Waals surface area contributed by atoms with E-state index in [2.05, 4.69) is 55.6 Å². The third kappa shape index (κ3) is 6.18. The molecule has 1 aliphatic rings. The number of nitrogens with one attached hydrogen (secondary N) is 1. The first-order chi connectivity index (χ1) is 17.5. The molecule has 3 aromatic rings. The average molecular weight is 490 g/mol. The van der Waals surface area contributed by atoms with Crippen molar-refractivity contribution in [3.63, 3.8) is 0 Å². The van der Waals surface area contributed by atoms with Gasteiger partial charge in [0.05, 0.1) is 26.7 Å². The summed E-state index contributed by atoms with van der Waals surface area (Å²) in [6.07, 6.45) is 0.336. The molecule has 0 fully saturated rings. The Kier molecular flexibility index (Phi) is 8.49. The van der Waals surface area contributed by atoms with Gasteiger partial charge in [-0.2, -0.15) is 0 Å². The molecule has 0 spiro atoms. The Morgan fingerprint density at radius 3 is 2.61 bits per heavy atom. The largest absolute Gasteiger partial charge is 0.493 e. The number of carbonyl (C=O) groups is 1. The SMILES string of the molecule is CCOCCOc1cc(C)c(-c2cccc(CNc3ccc4c(c3)OCC4CC(=O)OC)c2)c(C)c1. The summed E-state index contributed by atoms with van der Waals surface area (Å²) in [5, 5.41) is 3.50. The quantitative estimate of drug-likeness (QED) is 0.262. The molecular formula is C30H35NO5. The van der Waals surface area contributed by atoms with Gasteiger partial charge in [-0.15, -0.1) is 0 Å². The summed E-state index contributed by atoms with van der Waals surface area (Å²) in [6, 6.07) is 18.9. The number of aryl methyl sites for hydroxylation is 2. The third-order valence-corrected chi connectivity index (χ3v) is 6.45. The van der Waals surface area contributed by atoms with Crippen LogP contribution in [0.2, 0.25) is 0 Å². The van der Waals surface area contributed by atoms with E-state index in [4.69, 9.17) is 18.9 Å². The van der Waals surface area contributed by atoms with Crippen LogP contribution >= 0.6 is 0 Å². The van der Waals surface area contributed by atoms with Gasteiger partial charge in [-0.25, -0.2) is 0 Å². The molecule has 0 saturated heterocycles. The summed E-state index contributed by atoms with van der Waals surface area (Å²) in [5.74, 6) is 1.54. The van der Waals surface area contributed by atoms with Crippen LogP contribution in [0.3, 0.4) is 0 Å². The first kappa shape index (κ1) is 25.6. The lowest BCUT2D eigenvalue weighted by Gasteiger charge is -2.15. The zero-order valence-corrected chi connectivity index (χ0v) is 21.6. The molecule has 0 radical (unpaired) electrons. The molecule has 3 aromatic carbocycles. The van der Waals surface area contributed by atoms with Gasteiger partial charge in [-0.3, -0.25) is 4.79 Å². The lowest BCUT2D eigenvalue weighted by atomic mass is 9.94. The number of rotatable bonds is 11. The smallest absolute Gasteiger partial charge is 0.306 e. The zero-order valence-electron chi connectivity index (χ0n) is 21.6. The molecule has 6 nitrogen and oxygen atoms in total. The summed E-state index contributed by atoms with van der Waals surface area (Å²) in [4.78, 5) is 11.7. The van der Waals surface area contributed by atoms with Crippen molar-refractivity contribution < 1.29 is 23.7 Å². The highest BCUT2D eigenvalue weighted by atomic mass is 16.5. The van der Waals surface area contributed by atoms with Crippen molar-refractivity contribution in [1.82, 2.24) is 0 Å². The summed E-state index contributed by atoms with van der Waals surface area (Å²) in [7, 11) is 1.42. The van der Waals surface area contributed by atoms with Crippen molar-refractivity contribution in [2.45, 2.75) is 39.7 Å². The van der Waals surface area contributed by atoms with Crippen molar-refractivity contribution >= 4 is 11.7 Å². The molecule has 36 heavy (non-hydrogen) atoms. The first-order valence-corrected chi connectivity index (χ1v) is 12.5. The Hall–Kier alpha value is -3.51. The van der Waals surface area contributed by atoms with Crippen LogP contribution in [0.4, 0.5) is 5.69 Å². The third-order valence-electron chi connectivity index (χ3n) is 6.45. The number of hydrogen-bond donors (Lipinski definition) is 1. The fourth-order valence-corrected chi connectivity index (χ4v) is 4.71. The molecule has 1 atom stereocenters. The Balaban J connectivity index is 1.42. The molecule has 0 amide bonds. The highest BCUT2D eigenvalue weighted by Crippen LogP contribution is 2.38. The second-order valence-corrected chi connectivity index (χ2v) is 9.07. The van der Waals surface area contributed by atoms with Crippen molar-refractivity contribution in [3.8, 4) is 22.6 Å². The molecule has 190 valence electrons. The van der Waals surface area contributed by atoms with E-state index in [-0.39, 0.29) is 11.9 Å². The van der Waals surface area contributed by atoms with Gasteiger partial charge < -0.3 is 24.3 Å². The monoisotopic (exact) mass is 489 g/mol. The van der Waals surface area contributed by atoms with Gasteiger partial charge in [0.2, 0.25) is 0 Å². The van der Waals surface area contributed by atoms with Crippen molar-refractivity contribution in [2.24, 2.45) is 0 Å². The highest BCUT2D eigenvalue weighted by Gasteiger charge is 2.27. The molecule has 0 bridgehead atoms. The van der Waals surface area contributed by atoms with E-state index in [9.17, 15) is 4.79 Å². The maximum absolute atomic E-state index is 11.7. The van der Waals surface area contributed by atoms with E-state index in [1.165, 1.54) is 34.9 Å². The molecular weight excluding hydrogens is 454 g/mol. The number of benzene rings is 3. The van der Waals surface area contributed by atoms with Crippen LogP contribution < -0.4 is 14.8 Å². The van der Waals surface area contributed by atoms with Gasteiger partial charge in [0, 0.05) is 36.4 Å². The number of esters is 1. The lowest BCUT2D eigenvalue weighted by molar-refractivity contribution is -0.141. The Morgan fingerprint density at radius 2 is 1.86 bits per heavy atom. The van der Waals surface area contributed by atoms with Crippen molar-refractivity contribution in [2.75, 3.05) is 38.9 Å². The molecule has 0 saturated carbocycles. The molecule has 1 unspecified atom stereocenters. The van der Waals surface area contributed by atoms with Gasteiger partial charge in [-0.1, -0.05) is 24.3 Å². The van der Waals surface area contributed by atoms with E-state index in [0.29, 0.717) is 39.4 Å². The Morgan fingerprint density at radius 1 is 1.06 bits per heavy atom. The predicted octanol–water partition coefficient (Wildman–Crippen LogP) is 6.04. The summed E-state index contributed by atoms with van der Waals surface area (Å²) < 4.78 is 21.9. The van der Waals surface area contributed by atoms with Crippen LogP contribution in [-0.4, -0.2) is 39.5 Å². The van der Waals surface area contributed by atoms with Crippen LogP contribution in [0.15, 0.2) is 54.6 Å². The number of ether oxygens (including phenoxy) is 4. The van der Waals surface area contributed by atoms with Crippen molar-refractivity contribution in [1.29, 1.82) is 0 Å². The molecule has 1 N–H and O–H groups in total. The Bertz CT molecular complexity index is 1180. The number of anilines is 1. The summed E-state index contributed by atoms with van der Waals surface area (Å²) >= 11 is 0. The highest BCUT2D eigenvalue weighted by molar-refractivity contribution is 5.73. The molecule has 4 rings (SSSR count). The van der Waals surface area contributed by atoms with Crippen LogP contribution in [0.25, 0.3) is 11.1 Å². The second kappa shape index (κ2) is 12.0. The lowest BCUT2D eigenvalue weighted by Crippen LogP contribution is -2.09. The van der Waals surface area contributed by atoms with Gasteiger partial charge in [-0.05, 0) is 72.9 Å². The maximum atomic E-state index is 11.7. The van der Waals surface area contributed by atoms with Crippen LogP contribution in [-0.2, 0) is 20.8 Å². The van der Waals surface area contributed by atoms with E-state index < -0.39 is 0 Å². The summed E-state index contributed by atoms with van der Waals surface area (Å²) in [5.41, 5.74) is 8.02. The molecule has 6 heteroatoms. The Labute approximate surface area is 213 Å². The van der Waals surface area contributed by atoms with Crippen LogP contribution in [0.5, 0.6) is 11.5 Å². The normalized spacial score (nSPS) is 14.2. The number of hydrogen-bond acceptors (Lipinski definition) is 6. The van der Waals surface area contributed by atoms with E-state index in [1.54, 1.807) is 0 Å². The van der Waals surface area contributed by atoms with Gasteiger partial charge >= 0.3 is 5.97 Å². The van der Waals surface area contributed by atoms with E-state index >= 15 is 0 Å². The second-order valence-electron chi connectivity index (χ2n) is 9.07. The summed E-state index contributed by atoms with van der Waals surface area (Å²) in [6.45, 7) is 9.27. The number of methoxy groups -OCH3 is 1. The minimum atomic E-state index is -0.215. The number of carbonyl (C=O) groups excluding carboxylic acids is 1. The molecule has 0 aromatic heterocycles. The topological polar surface area (TPSA) is 66.0 Å². The molecule has 0 aliphatic carbocycles. The zero-order chi connectivity index (χ0) is 25.5. The number of fused-ring (bicyclic) bond motifs is 1. The predicted molar refractivity (Wildman–Crippen MR) is 142 cm³/mol.